The molecule has 6 heteroatoms. The number of rotatable bonds is 4. The molecule has 4 nitrogen and oxygen atoms in total. The molecule has 0 heterocycles. The Hall–Kier alpha value is -0.880. The minimum atomic E-state index is -1.39. The molecule has 1 fully saturated rings. The third-order valence-corrected chi connectivity index (χ3v) is 6.13. The highest BCUT2D eigenvalue weighted by atomic mass is 79.9. The summed E-state index contributed by atoms with van der Waals surface area (Å²) in [6, 6.07) is 5.35. The van der Waals surface area contributed by atoms with Crippen molar-refractivity contribution in [2.75, 3.05) is 5.73 Å². The van der Waals surface area contributed by atoms with Gasteiger partial charge in [-0.3, -0.25) is 9.00 Å². The highest BCUT2D eigenvalue weighted by Gasteiger charge is 2.26. The van der Waals surface area contributed by atoms with Gasteiger partial charge < -0.3 is 11.1 Å². The third kappa shape index (κ3) is 3.61. The monoisotopic (exact) mass is 358 g/mol. The molecule has 110 valence electrons. The van der Waals surface area contributed by atoms with Crippen molar-refractivity contribution < 1.29 is 9.00 Å². The van der Waals surface area contributed by atoms with Gasteiger partial charge in [0.1, 0.15) is 5.25 Å². The molecule has 3 N–H and O–H groups in total. The smallest absolute Gasteiger partial charge is 0.236 e. The first-order valence-corrected chi connectivity index (χ1v) is 8.75. The molecule has 0 saturated heterocycles. The van der Waals surface area contributed by atoms with Crippen LogP contribution in [-0.2, 0) is 15.6 Å². The van der Waals surface area contributed by atoms with E-state index in [0.717, 1.165) is 25.7 Å². The van der Waals surface area contributed by atoms with Crippen LogP contribution in [0, 0.1) is 0 Å². The maximum Gasteiger partial charge on any atom is 0.236 e. The molecular formula is C14H19BrN2O2S. The summed E-state index contributed by atoms with van der Waals surface area (Å²) in [5.74, 6) is -0.140. The topological polar surface area (TPSA) is 72.2 Å². The lowest BCUT2D eigenvalue weighted by Crippen LogP contribution is -2.40. The molecule has 1 aliphatic rings. The normalized spacial score (nSPS) is 18.7. The van der Waals surface area contributed by atoms with E-state index >= 15 is 0 Å². The van der Waals surface area contributed by atoms with E-state index in [4.69, 9.17) is 5.73 Å². The summed E-state index contributed by atoms with van der Waals surface area (Å²) in [4.78, 5) is 12.8. The highest BCUT2D eigenvalue weighted by molar-refractivity contribution is 9.10. The quantitative estimate of drug-likeness (QED) is 0.812. The number of nitrogen functional groups attached to an aromatic ring is 1. The second-order valence-corrected chi connectivity index (χ2v) is 7.72. The van der Waals surface area contributed by atoms with Crippen LogP contribution in [0.4, 0.5) is 5.69 Å². The Morgan fingerprint density at radius 3 is 2.70 bits per heavy atom. The largest absolute Gasteiger partial charge is 0.399 e. The van der Waals surface area contributed by atoms with E-state index in [9.17, 15) is 9.00 Å². The van der Waals surface area contributed by atoms with Crippen molar-refractivity contribution in [2.24, 2.45) is 0 Å². The van der Waals surface area contributed by atoms with E-state index in [2.05, 4.69) is 21.2 Å². The van der Waals surface area contributed by atoms with Crippen molar-refractivity contribution >= 4 is 38.3 Å². The van der Waals surface area contributed by atoms with Gasteiger partial charge >= 0.3 is 0 Å². The van der Waals surface area contributed by atoms with Gasteiger partial charge in [0.05, 0.1) is 15.7 Å². The second-order valence-electron chi connectivity index (χ2n) is 5.12. The summed E-state index contributed by atoms with van der Waals surface area (Å²) in [7, 11) is -1.39. The zero-order chi connectivity index (χ0) is 14.7. The van der Waals surface area contributed by atoms with Gasteiger partial charge in [0.2, 0.25) is 5.91 Å². The highest BCUT2D eigenvalue weighted by Crippen LogP contribution is 2.25. The van der Waals surface area contributed by atoms with Crippen molar-refractivity contribution in [1.29, 1.82) is 0 Å². The Morgan fingerprint density at radius 2 is 2.10 bits per heavy atom. The molecule has 2 unspecified atom stereocenters. The van der Waals surface area contributed by atoms with E-state index in [1.54, 1.807) is 25.1 Å². The third-order valence-electron chi connectivity index (χ3n) is 3.56. The first kappa shape index (κ1) is 15.5. The van der Waals surface area contributed by atoms with Crippen LogP contribution in [-0.4, -0.2) is 21.4 Å². The lowest BCUT2D eigenvalue weighted by molar-refractivity contribution is -0.121. The Morgan fingerprint density at radius 1 is 1.45 bits per heavy atom. The van der Waals surface area contributed by atoms with Crippen LogP contribution in [0.2, 0.25) is 0 Å². The number of hydrogen-bond acceptors (Lipinski definition) is 3. The van der Waals surface area contributed by atoms with Crippen molar-refractivity contribution in [3.8, 4) is 0 Å². The number of carbonyl (C=O) groups excluding carboxylic acids is 1. The fourth-order valence-electron chi connectivity index (χ4n) is 2.36. The SMILES string of the molecule is CC(C(=O)NC1CCCC1)S(=O)c1ccc(N)cc1Br. The number of carbonyl (C=O) groups is 1. The maximum atomic E-state index is 12.5. The first-order valence-electron chi connectivity index (χ1n) is 6.75. The summed E-state index contributed by atoms with van der Waals surface area (Å²) < 4.78 is 13.1. The minimum absolute atomic E-state index is 0.140. The molecule has 2 rings (SSSR count). The Balaban J connectivity index is 2.05. The van der Waals surface area contributed by atoms with Gasteiger partial charge in [-0.2, -0.15) is 0 Å². The van der Waals surface area contributed by atoms with Crippen LogP contribution in [0.5, 0.6) is 0 Å². The predicted molar refractivity (Wildman–Crippen MR) is 84.8 cm³/mol. The first-order chi connectivity index (χ1) is 9.49. The molecule has 1 aromatic carbocycles. The zero-order valence-corrected chi connectivity index (χ0v) is 13.8. The number of benzene rings is 1. The fraction of sp³-hybridized carbons (Fsp3) is 0.500. The summed E-state index contributed by atoms with van der Waals surface area (Å²) in [6.45, 7) is 1.70. The molecule has 0 aliphatic heterocycles. The molecule has 1 aromatic rings. The van der Waals surface area contributed by atoms with Gasteiger partial charge in [-0.05, 0) is 53.9 Å². The summed E-state index contributed by atoms with van der Waals surface area (Å²) >= 11 is 3.35. The average Bonchev–Trinajstić information content (AvgIpc) is 2.90. The standard InChI is InChI=1S/C14H19BrN2O2S/c1-9(14(18)17-11-4-2-3-5-11)20(19)13-7-6-10(16)8-12(13)15/h6-9,11H,2-5,16H2,1H3,(H,17,18). The van der Waals surface area contributed by atoms with Crippen molar-refractivity contribution in [2.45, 2.75) is 48.8 Å². The molecule has 1 amide bonds. The molecule has 0 radical (unpaired) electrons. The predicted octanol–water partition coefficient (Wildman–Crippen LogP) is 2.59. The van der Waals surface area contributed by atoms with E-state index < -0.39 is 16.0 Å². The average molecular weight is 359 g/mol. The molecular weight excluding hydrogens is 340 g/mol. The summed E-state index contributed by atoms with van der Waals surface area (Å²) in [5, 5.41) is 2.41. The Kier molecular flexibility index (Phi) is 5.21. The molecule has 1 saturated carbocycles. The molecule has 0 aromatic heterocycles. The number of nitrogens with one attached hydrogen (secondary N) is 1. The van der Waals surface area contributed by atoms with Crippen molar-refractivity contribution in [1.82, 2.24) is 5.32 Å². The summed E-state index contributed by atoms with van der Waals surface area (Å²) in [6.07, 6.45) is 4.37. The lowest BCUT2D eigenvalue weighted by atomic mass is 10.2. The van der Waals surface area contributed by atoms with Crippen LogP contribution in [0.25, 0.3) is 0 Å². The van der Waals surface area contributed by atoms with Crippen LogP contribution in [0.3, 0.4) is 0 Å². The van der Waals surface area contributed by atoms with E-state index in [1.807, 2.05) is 0 Å². The van der Waals surface area contributed by atoms with E-state index in [0.29, 0.717) is 15.1 Å². The Bertz CT molecular complexity index is 530. The van der Waals surface area contributed by atoms with Crippen LogP contribution in [0.1, 0.15) is 32.6 Å². The number of amides is 1. The fourth-order valence-corrected chi connectivity index (χ4v) is 4.33. The molecule has 20 heavy (non-hydrogen) atoms. The maximum absolute atomic E-state index is 12.5. The van der Waals surface area contributed by atoms with Gasteiger partial charge in [-0.25, -0.2) is 0 Å². The van der Waals surface area contributed by atoms with Gasteiger partial charge in [-0.1, -0.05) is 12.8 Å². The summed E-state index contributed by atoms with van der Waals surface area (Å²) in [5.41, 5.74) is 6.26. The molecule has 0 spiro atoms. The number of nitrogens with two attached hydrogens (primary N) is 1. The van der Waals surface area contributed by atoms with E-state index in [-0.39, 0.29) is 11.9 Å². The molecule has 2 atom stereocenters. The van der Waals surface area contributed by atoms with Crippen LogP contribution >= 0.6 is 15.9 Å². The van der Waals surface area contributed by atoms with Crippen LogP contribution < -0.4 is 11.1 Å². The molecule has 1 aliphatic carbocycles. The van der Waals surface area contributed by atoms with Gasteiger partial charge in [0.15, 0.2) is 0 Å². The minimum Gasteiger partial charge on any atom is -0.399 e. The number of hydrogen-bond donors (Lipinski definition) is 2. The van der Waals surface area contributed by atoms with Gasteiger partial charge in [-0.15, -0.1) is 0 Å². The number of halogens is 1. The zero-order valence-electron chi connectivity index (χ0n) is 11.4. The van der Waals surface area contributed by atoms with Gasteiger partial charge in [0, 0.05) is 16.2 Å². The van der Waals surface area contributed by atoms with Crippen molar-refractivity contribution in [3.05, 3.63) is 22.7 Å². The van der Waals surface area contributed by atoms with E-state index in [1.165, 1.54) is 0 Å². The second kappa shape index (κ2) is 6.72. The number of anilines is 1. The Labute approximate surface area is 130 Å². The molecule has 0 bridgehead atoms. The van der Waals surface area contributed by atoms with Crippen molar-refractivity contribution in [3.63, 3.8) is 0 Å². The van der Waals surface area contributed by atoms with Gasteiger partial charge in [0.25, 0.3) is 0 Å². The lowest BCUT2D eigenvalue weighted by Gasteiger charge is -2.17. The van der Waals surface area contributed by atoms with Crippen LogP contribution in [0.15, 0.2) is 27.6 Å².